The first kappa shape index (κ1) is 37.9. The van der Waals surface area contributed by atoms with Gasteiger partial charge >= 0.3 is 11.9 Å². The minimum absolute atomic E-state index is 0.000880. The van der Waals surface area contributed by atoms with Crippen molar-refractivity contribution in [1.82, 2.24) is 16.0 Å². The number of amides is 3. The summed E-state index contributed by atoms with van der Waals surface area (Å²) in [7, 11) is 0. The van der Waals surface area contributed by atoms with Crippen LogP contribution in [0.2, 0.25) is 0 Å². The zero-order valence-electron chi connectivity index (χ0n) is 23.9. The first-order valence-electron chi connectivity index (χ1n) is 14.2. The van der Waals surface area contributed by atoms with Crippen molar-refractivity contribution in [1.29, 1.82) is 0 Å². The molecule has 5 N–H and O–H groups in total. The molecule has 0 aromatic carbocycles. The number of carboxylic acid groups (broad SMARTS) is 2. The number of aldehydes is 1. The number of hydrogen-bond donors (Lipinski definition) is 5. The van der Waals surface area contributed by atoms with Crippen molar-refractivity contribution in [2.45, 2.75) is 83.1 Å². The van der Waals surface area contributed by atoms with Crippen molar-refractivity contribution >= 4 is 35.9 Å². The van der Waals surface area contributed by atoms with Gasteiger partial charge in [0, 0.05) is 58.4 Å². The second kappa shape index (κ2) is 27.1. The summed E-state index contributed by atoms with van der Waals surface area (Å²) in [6.45, 7) is 3.51. The summed E-state index contributed by atoms with van der Waals surface area (Å²) >= 11 is 0. The number of nitrogens with one attached hydrogen (secondary N) is 3. The van der Waals surface area contributed by atoms with Crippen LogP contribution in [0.5, 0.6) is 0 Å². The molecule has 0 heterocycles. The van der Waals surface area contributed by atoms with Crippen LogP contribution in [0.1, 0.15) is 77.0 Å². The molecule has 236 valence electrons. The summed E-state index contributed by atoms with van der Waals surface area (Å²) in [4.78, 5) is 67.2. The van der Waals surface area contributed by atoms with E-state index in [-0.39, 0.29) is 43.9 Å². The fraction of sp³-hybridized carbons (Fsp3) is 0.778. The number of carbonyl (C=O) groups excluding carboxylic acids is 4. The lowest BCUT2D eigenvalue weighted by Gasteiger charge is -2.13. The number of ether oxygens (including phenoxy) is 3. The number of rotatable bonds is 29. The summed E-state index contributed by atoms with van der Waals surface area (Å²) in [5.41, 5.74) is 0. The molecule has 0 unspecified atom stereocenters. The first-order valence-corrected chi connectivity index (χ1v) is 14.2. The van der Waals surface area contributed by atoms with Crippen LogP contribution < -0.4 is 16.0 Å². The third-order valence-corrected chi connectivity index (χ3v) is 5.65. The molecule has 0 bridgehead atoms. The van der Waals surface area contributed by atoms with Crippen LogP contribution in [-0.4, -0.2) is 105 Å². The molecule has 0 rings (SSSR count). The van der Waals surface area contributed by atoms with E-state index in [2.05, 4.69) is 16.0 Å². The quantitative estimate of drug-likeness (QED) is 0.0609. The van der Waals surface area contributed by atoms with E-state index in [1.807, 2.05) is 0 Å². The smallest absolute Gasteiger partial charge is 0.326 e. The minimum atomic E-state index is -1.23. The molecule has 0 aliphatic heterocycles. The molecular weight excluding hydrogens is 542 g/mol. The predicted octanol–water partition coefficient (Wildman–Crippen LogP) is 0.803. The third kappa shape index (κ3) is 26.9. The van der Waals surface area contributed by atoms with E-state index in [9.17, 15) is 28.8 Å². The van der Waals surface area contributed by atoms with E-state index in [1.54, 1.807) is 0 Å². The van der Waals surface area contributed by atoms with Crippen LogP contribution in [0.4, 0.5) is 0 Å². The summed E-state index contributed by atoms with van der Waals surface area (Å²) in [5.74, 6) is -2.91. The Morgan fingerprint density at radius 1 is 0.610 bits per heavy atom. The van der Waals surface area contributed by atoms with Gasteiger partial charge in [0.15, 0.2) is 0 Å². The standard InChI is InChI=1S/C27H47N3O11/c31-15-5-8-22(27(37)38)30-25(34)12-11-24(33)29-14-7-17-40-19-21-41-20-18-39-16-6-13-28-23(32)9-3-1-2-4-10-26(35)36/h15,22H,1-14,16-21H2,(H,28,32)(H,29,33)(H,30,34)(H,35,36)(H,37,38)/t22-/m0/s1. The molecular formula is C27H47N3O11. The summed E-state index contributed by atoms with van der Waals surface area (Å²) in [6, 6.07) is -1.15. The van der Waals surface area contributed by atoms with Crippen LogP contribution in [0, 0.1) is 0 Å². The Hall–Kier alpha value is -3.10. The molecule has 0 saturated carbocycles. The van der Waals surface area contributed by atoms with E-state index >= 15 is 0 Å². The van der Waals surface area contributed by atoms with Crippen molar-refractivity contribution in [2.75, 3.05) is 52.7 Å². The van der Waals surface area contributed by atoms with Gasteiger partial charge in [0.05, 0.1) is 26.4 Å². The zero-order chi connectivity index (χ0) is 30.6. The van der Waals surface area contributed by atoms with Gasteiger partial charge in [-0.3, -0.25) is 19.2 Å². The Morgan fingerprint density at radius 2 is 1.10 bits per heavy atom. The van der Waals surface area contributed by atoms with Gasteiger partial charge in [0.25, 0.3) is 0 Å². The third-order valence-electron chi connectivity index (χ3n) is 5.65. The molecule has 0 aliphatic rings. The van der Waals surface area contributed by atoms with Gasteiger partial charge in [-0.05, 0) is 32.1 Å². The number of hydrogen-bond acceptors (Lipinski definition) is 9. The van der Waals surface area contributed by atoms with Crippen molar-refractivity contribution in [3.63, 3.8) is 0 Å². The van der Waals surface area contributed by atoms with Gasteiger partial charge in [-0.25, -0.2) is 4.79 Å². The molecule has 14 heteroatoms. The summed E-state index contributed by atoms with van der Waals surface area (Å²) in [6.07, 6.45) is 5.35. The molecule has 0 aromatic heterocycles. The maximum absolute atomic E-state index is 11.8. The molecule has 14 nitrogen and oxygen atoms in total. The van der Waals surface area contributed by atoms with Gasteiger partial charge in [-0.2, -0.15) is 0 Å². The molecule has 0 fully saturated rings. The predicted molar refractivity (Wildman–Crippen MR) is 147 cm³/mol. The Balaban J connectivity index is 3.44. The number of aliphatic carboxylic acids is 2. The van der Waals surface area contributed by atoms with Gasteiger partial charge in [-0.1, -0.05) is 12.8 Å². The highest BCUT2D eigenvalue weighted by Gasteiger charge is 2.19. The topological polar surface area (TPSA) is 207 Å². The number of unbranched alkanes of at least 4 members (excludes halogenated alkanes) is 3. The van der Waals surface area contributed by atoms with Crippen molar-refractivity contribution in [2.24, 2.45) is 0 Å². The van der Waals surface area contributed by atoms with Gasteiger partial charge in [-0.15, -0.1) is 0 Å². The Labute approximate surface area is 241 Å². The van der Waals surface area contributed by atoms with E-state index in [0.717, 1.165) is 19.3 Å². The van der Waals surface area contributed by atoms with Crippen LogP contribution in [-0.2, 0) is 43.0 Å². The molecule has 0 radical (unpaired) electrons. The Bertz CT molecular complexity index is 765. The molecule has 0 saturated heterocycles. The maximum Gasteiger partial charge on any atom is 0.326 e. The lowest BCUT2D eigenvalue weighted by atomic mass is 10.1. The molecule has 41 heavy (non-hydrogen) atoms. The lowest BCUT2D eigenvalue weighted by Crippen LogP contribution is -2.41. The largest absolute Gasteiger partial charge is 0.481 e. The molecule has 1 atom stereocenters. The normalized spacial score (nSPS) is 11.4. The van der Waals surface area contributed by atoms with Crippen molar-refractivity contribution in [3.05, 3.63) is 0 Å². The van der Waals surface area contributed by atoms with Crippen LogP contribution in [0.25, 0.3) is 0 Å². The highest BCUT2D eigenvalue weighted by atomic mass is 16.5. The van der Waals surface area contributed by atoms with E-state index in [4.69, 9.17) is 24.4 Å². The SMILES string of the molecule is O=CCC[C@H](NC(=O)CCC(=O)NCCCOCCOCCOCCCNC(=O)CCCCCCC(=O)O)C(=O)O. The highest BCUT2D eigenvalue weighted by molar-refractivity contribution is 5.87. The number of carboxylic acids is 2. The van der Waals surface area contributed by atoms with E-state index in [0.29, 0.717) is 84.7 Å². The minimum Gasteiger partial charge on any atom is -0.481 e. The van der Waals surface area contributed by atoms with Gasteiger partial charge < -0.3 is 45.2 Å². The number of carbonyl (C=O) groups is 6. The fourth-order valence-corrected chi connectivity index (χ4v) is 3.42. The second-order valence-electron chi connectivity index (χ2n) is 9.25. The van der Waals surface area contributed by atoms with Gasteiger partial charge in [0.1, 0.15) is 12.3 Å². The van der Waals surface area contributed by atoms with Crippen molar-refractivity contribution < 1.29 is 53.2 Å². The summed E-state index contributed by atoms with van der Waals surface area (Å²) < 4.78 is 16.3. The summed E-state index contributed by atoms with van der Waals surface area (Å²) in [5, 5.41) is 25.4. The van der Waals surface area contributed by atoms with Crippen LogP contribution in [0.3, 0.4) is 0 Å². The lowest BCUT2D eigenvalue weighted by molar-refractivity contribution is -0.142. The molecule has 0 aromatic rings. The Kier molecular flexibility index (Phi) is 25.0. The zero-order valence-corrected chi connectivity index (χ0v) is 23.9. The fourth-order valence-electron chi connectivity index (χ4n) is 3.42. The maximum atomic E-state index is 11.8. The average molecular weight is 590 g/mol. The van der Waals surface area contributed by atoms with Gasteiger partial charge in [0.2, 0.25) is 17.7 Å². The highest BCUT2D eigenvalue weighted by Crippen LogP contribution is 2.05. The second-order valence-corrected chi connectivity index (χ2v) is 9.25. The molecule has 0 aliphatic carbocycles. The van der Waals surface area contributed by atoms with Crippen LogP contribution >= 0.6 is 0 Å². The first-order chi connectivity index (χ1) is 19.8. The average Bonchev–Trinajstić information content (AvgIpc) is 2.93. The monoisotopic (exact) mass is 589 g/mol. The molecule has 0 spiro atoms. The molecule has 3 amide bonds. The Morgan fingerprint density at radius 3 is 1.61 bits per heavy atom. The van der Waals surface area contributed by atoms with Crippen molar-refractivity contribution in [3.8, 4) is 0 Å². The van der Waals surface area contributed by atoms with E-state index in [1.165, 1.54) is 0 Å². The van der Waals surface area contributed by atoms with E-state index < -0.39 is 23.9 Å². The van der Waals surface area contributed by atoms with Crippen LogP contribution in [0.15, 0.2) is 0 Å².